The van der Waals surface area contributed by atoms with Crippen molar-refractivity contribution in [3.05, 3.63) is 65.6 Å². The monoisotopic (exact) mass is 436 g/mol. The average Bonchev–Trinajstić information content (AvgIpc) is 3.24. The first kappa shape index (κ1) is 25.1. The Balaban J connectivity index is 0.00000176. The van der Waals surface area contributed by atoms with Crippen LogP contribution in [0.5, 0.6) is 0 Å². The predicted molar refractivity (Wildman–Crippen MR) is 134 cm³/mol. The van der Waals surface area contributed by atoms with Crippen LogP contribution in [0.1, 0.15) is 45.2 Å². The molecule has 2 aromatic rings. The number of aromatic nitrogens is 1. The number of hydrogen-bond donors (Lipinski definition) is 0. The maximum absolute atomic E-state index is 12.5. The fourth-order valence-corrected chi connectivity index (χ4v) is 3.56. The minimum absolute atomic E-state index is 0.334. The number of benzene rings is 1. The highest BCUT2D eigenvalue weighted by molar-refractivity contribution is 5.88. The van der Waals surface area contributed by atoms with Gasteiger partial charge in [0.25, 0.3) is 0 Å². The van der Waals surface area contributed by atoms with Gasteiger partial charge in [0.1, 0.15) is 0 Å². The second kappa shape index (κ2) is 13.3. The first-order valence-electron chi connectivity index (χ1n) is 11.4. The molecule has 1 aromatic heterocycles. The summed E-state index contributed by atoms with van der Waals surface area (Å²) < 4.78 is 5.47. The van der Waals surface area contributed by atoms with Gasteiger partial charge in [-0.3, -0.25) is 14.9 Å². The van der Waals surface area contributed by atoms with Gasteiger partial charge in [-0.2, -0.15) is 0 Å². The second-order valence-electron chi connectivity index (χ2n) is 7.28. The van der Waals surface area contributed by atoms with Gasteiger partial charge in [0, 0.05) is 43.6 Å². The number of carbonyl (C=O) groups is 1. The Bertz CT molecular complexity index is 909. The second-order valence-corrected chi connectivity index (χ2v) is 7.28. The van der Waals surface area contributed by atoms with Crippen molar-refractivity contribution in [1.29, 1.82) is 0 Å². The lowest BCUT2D eigenvalue weighted by molar-refractivity contribution is 0.153. The molecule has 0 atom stereocenters. The summed E-state index contributed by atoms with van der Waals surface area (Å²) >= 11 is 0. The highest BCUT2D eigenvalue weighted by atomic mass is 16.6. The number of fused-ring (bicyclic) bond motifs is 1. The first-order chi connectivity index (χ1) is 15.6. The topological polar surface area (TPSA) is 58.0 Å². The van der Waals surface area contributed by atoms with Crippen molar-refractivity contribution in [2.24, 2.45) is 4.99 Å². The number of carbonyl (C=O) groups excluding carboxylic acids is 1. The number of aryl methyl sites for hydroxylation is 1. The van der Waals surface area contributed by atoms with Crippen LogP contribution >= 0.6 is 0 Å². The van der Waals surface area contributed by atoms with E-state index in [9.17, 15) is 4.79 Å². The molecule has 3 rings (SSSR count). The average molecular weight is 437 g/mol. The van der Waals surface area contributed by atoms with Crippen LogP contribution in [0, 0.1) is 0 Å². The number of rotatable bonds is 8. The largest absolute Gasteiger partial charge is 0.449 e. The van der Waals surface area contributed by atoms with Crippen molar-refractivity contribution in [2.45, 2.75) is 47.0 Å². The zero-order valence-electron chi connectivity index (χ0n) is 20.0. The quantitative estimate of drug-likeness (QED) is 0.395. The van der Waals surface area contributed by atoms with E-state index in [1.165, 1.54) is 11.1 Å². The smallest absolute Gasteiger partial charge is 0.414 e. The standard InChI is InChI=1S/C24H30N4O2.C2H6/c1-4-21(26-5-2)18-28-15-12-20-8-9-22(17-23(20)28)27(3)24(29)30-16-6-7-19-10-13-25-14-11-19;1-2/h4-5,8-11,13-14,17H,6-7,12,15-16,18H2,1-3H3;1-2H3/b21-4-,26-5?;. The molecule has 32 heavy (non-hydrogen) atoms. The number of allylic oxidation sites excluding steroid dienone is 1. The van der Waals surface area contributed by atoms with E-state index in [0.717, 1.165) is 49.4 Å². The van der Waals surface area contributed by atoms with Crippen LogP contribution < -0.4 is 9.80 Å². The lowest BCUT2D eigenvalue weighted by Crippen LogP contribution is -2.28. The summed E-state index contributed by atoms with van der Waals surface area (Å²) in [7, 11) is 1.75. The van der Waals surface area contributed by atoms with Crippen molar-refractivity contribution in [1.82, 2.24) is 4.98 Å². The van der Waals surface area contributed by atoms with Crippen LogP contribution in [-0.4, -0.2) is 44.0 Å². The van der Waals surface area contributed by atoms with Gasteiger partial charge < -0.3 is 9.64 Å². The van der Waals surface area contributed by atoms with E-state index in [2.05, 4.69) is 27.0 Å². The van der Waals surface area contributed by atoms with E-state index in [-0.39, 0.29) is 6.09 Å². The van der Waals surface area contributed by atoms with E-state index in [4.69, 9.17) is 4.74 Å². The van der Waals surface area contributed by atoms with Crippen molar-refractivity contribution in [2.75, 3.05) is 36.5 Å². The Kier molecular flexibility index (Phi) is 10.4. The third-order valence-corrected chi connectivity index (χ3v) is 5.29. The third-order valence-electron chi connectivity index (χ3n) is 5.29. The van der Waals surface area contributed by atoms with Crippen LogP contribution in [0.2, 0.25) is 0 Å². The van der Waals surface area contributed by atoms with Gasteiger partial charge in [-0.15, -0.1) is 0 Å². The molecule has 1 aromatic carbocycles. The summed E-state index contributed by atoms with van der Waals surface area (Å²) in [6, 6.07) is 10.1. The molecule has 1 aliphatic rings. The molecule has 0 saturated carbocycles. The van der Waals surface area contributed by atoms with E-state index < -0.39 is 0 Å². The number of aliphatic imine (C=N–C) groups is 1. The number of pyridine rings is 1. The Morgan fingerprint density at radius 3 is 2.66 bits per heavy atom. The van der Waals surface area contributed by atoms with Crippen LogP contribution in [0.15, 0.2) is 59.5 Å². The maximum atomic E-state index is 12.5. The molecule has 2 heterocycles. The Morgan fingerprint density at radius 1 is 1.22 bits per heavy atom. The van der Waals surface area contributed by atoms with Gasteiger partial charge in [-0.05, 0) is 68.5 Å². The zero-order chi connectivity index (χ0) is 23.3. The zero-order valence-corrected chi connectivity index (χ0v) is 20.0. The molecule has 1 aliphatic heterocycles. The number of nitrogens with zero attached hydrogens (tertiary/aromatic N) is 4. The van der Waals surface area contributed by atoms with Gasteiger partial charge >= 0.3 is 6.09 Å². The molecule has 0 aliphatic carbocycles. The fourth-order valence-electron chi connectivity index (χ4n) is 3.56. The molecule has 0 fully saturated rings. The summed E-state index contributed by atoms with van der Waals surface area (Å²) in [5.41, 5.74) is 5.53. The highest BCUT2D eigenvalue weighted by Crippen LogP contribution is 2.32. The van der Waals surface area contributed by atoms with Crippen molar-refractivity contribution >= 4 is 23.7 Å². The summed E-state index contributed by atoms with van der Waals surface area (Å²) in [6.45, 7) is 10.0. The van der Waals surface area contributed by atoms with E-state index >= 15 is 0 Å². The molecule has 6 nitrogen and oxygen atoms in total. The summed E-state index contributed by atoms with van der Waals surface area (Å²) in [5.74, 6) is 0. The van der Waals surface area contributed by atoms with Crippen LogP contribution in [0.4, 0.5) is 16.2 Å². The van der Waals surface area contributed by atoms with E-state index in [1.54, 1.807) is 24.3 Å². The molecule has 0 unspecified atom stereocenters. The summed E-state index contributed by atoms with van der Waals surface area (Å²) in [6.07, 6.45) is 9.73. The molecule has 0 spiro atoms. The normalized spacial score (nSPS) is 12.9. The summed E-state index contributed by atoms with van der Waals surface area (Å²) in [5, 5.41) is 0. The number of ether oxygens (including phenoxy) is 1. The first-order valence-corrected chi connectivity index (χ1v) is 11.4. The SMILES string of the molecule is CC.CC=N/C(=C\C)CN1CCc2ccc(N(C)C(=O)OCCCc3ccncc3)cc21. The van der Waals surface area contributed by atoms with Gasteiger partial charge in [0.05, 0.1) is 18.8 Å². The molecular weight excluding hydrogens is 400 g/mol. The van der Waals surface area contributed by atoms with Gasteiger partial charge in [0.2, 0.25) is 0 Å². The molecule has 0 bridgehead atoms. The van der Waals surface area contributed by atoms with Gasteiger partial charge in [-0.1, -0.05) is 26.0 Å². The molecule has 0 radical (unpaired) electrons. The molecule has 0 saturated heterocycles. The lowest BCUT2D eigenvalue weighted by Gasteiger charge is -2.22. The van der Waals surface area contributed by atoms with Crippen LogP contribution in [0.3, 0.4) is 0 Å². The molecular formula is C26H36N4O2. The van der Waals surface area contributed by atoms with Crippen molar-refractivity contribution < 1.29 is 9.53 Å². The molecule has 1 amide bonds. The Hall–Kier alpha value is -3.15. The van der Waals surface area contributed by atoms with Crippen LogP contribution in [0.25, 0.3) is 0 Å². The number of anilines is 2. The molecule has 0 N–H and O–H groups in total. The van der Waals surface area contributed by atoms with Gasteiger partial charge in [0.15, 0.2) is 0 Å². The van der Waals surface area contributed by atoms with Crippen molar-refractivity contribution in [3.8, 4) is 0 Å². The van der Waals surface area contributed by atoms with E-state index in [1.807, 2.05) is 58.2 Å². The van der Waals surface area contributed by atoms with E-state index in [0.29, 0.717) is 6.61 Å². The molecule has 6 heteroatoms. The maximum Gasteiger partial charge on any atom is 0.414 e. The van der Waals surface area contributed by atoms with Crippen molar-refractivity contribution in [3.63, 3.8) is 0 Å². The Labute approximate surface area is 192 Å². The minimum Gasteiger partial charge on any atom is -0.449 e. The third kappa shape index (κ3) is 6.94. The fraction of sp³-hybridized carbons (Fsp3) is 0.423. The Morgan fingerprint density at radius 2 is 1.97 bits per heavy atom. The predicted octanol–water partition coefficient (Wildman–Crippen LogP) is 5.67. The highest BCUT2D eigenvalue weighted by Gasteiger charge is 2.22. The van der Waals surface area contributed by atoms with Gasteiger partial charge in [-0.25, -0.2) is 4.79 Å². The lowest BCUT2D eigenvalue weighted by atomic mass is 10.1. The minimum atomic E-state index is -0.334. The summed E-state index contributed by atoms with van der Waals surface area (Å²) in [4.78, 5) is 24.8. The van der Waals surface area contributed by atoms with Crippen LogP contribution in [-0.2, 0) is 17.6 Å². The number of hydrogen-bond acceptors (Lipinski definition) is 5. The number of amides is 1. The molecule has 172 valence electrons.